The number of fused-ring (bicyclic) bond motifs is 4. The van der Waals surface area contributed by atoms with Crippen LogP contribution in [0.3, 0.4) is 0 Å². The molecule has 4 rings (SSSR count). The van der Waals surface area contributed by atoms with E-state index >= 15 is 0 Å². The first kappa shape index (κ1) is 10.0. The van der Waals surface area contributed by atoms with Gasteiger partial charge in [0, 0.05) is 34.1 Å². The molecule has 0 aliphatic carbocycles. The minimum absolute atomic E-state index is 0.733. The molecule has 0 bridgehead atoms. The summed E-state index contributed by atoms with van der Waals surface area (Å²) < 4.78 is 5.85. The second-order valence-corrected chi connectivity index (χ2v) is 4.90. The zero-order chi connectivity index (χ0) is 12.1. The van der Waals surface area contributed by atoms with Gasteiger partial charge >= 0.3 is 0 Å². The van der Waals surface area contributed by atoms with E-state index in [0.717, 1.165) is 39.2 Å². The molecule has 0 spiro atoms. The molecule has 0 saturated carbocycles. The van der Waals surface area contributed by atoms with Gasteiger partial charge in [-0.15, -0.1) is 0 Å². The summed E-state index contributed by atoms with van der Waals surface area (Å²) in [6, 6.07) is 9.93. The summed E-state index contributed by atoms with van der Waals surface area (Å²) >= 11 is 6.05. The van der Waals surface area contributed by atoms with Gasteiger partial charge in [-0.2, -0.15) is 0 Å². The van der Waals surface area contributed by atoms with Crippen molar-refractivity contribution in [3.8, 4) is 0 Å². The van der Waals surface area contributed by atoms with Crippen LogP contribution in [-0.2, 0) is 0 Å². The molecule has 2 heterocycles. The summed E-state index contributed by atoms with van der Waals surface area (Å²) in [5, 5.41) is 6.25. The number of hydrogen-bond acceptors (Lipinski definition) is 2. The Labute approximate surface area is 109 Å². The molecule has 1 aliphatic rings. The highest BCUT2D eigenvalue weighted by Crippen LogP contribution is 2.35. The average molecular weight is 256 g/mol. The minimum atomic E-state index is 0.733. The molecule has 18 heavy (non-hydrogen) atoms. The van der Waals surface area contributed by atoms with Crippen LogP contribution in [-0.4, -0.2) is 6.54 Å². The van der Waals surface area contributed by atoms with Gasteiger partial charge in [-0.05, 0) is 29.8 Å². The van der Waals surface area contributed by atoms with Gasteiger partial charge in [0.2, 0.25) is 0 Å². The molecule has 1 N–H and O–H groups in total. The standard InChI is InChI=1S/C15H10ClNO/c16-10-3-4-14-12(7-10)11-6-9-2-1-5-17-13(9)8-15(11)18-14/h1-4,6-8,17H,5H2. The highest BCUT2D eigenvalue weighted by atomic mass is 35.5. The van der Waals surface area contributed by atoms with Gasteiger partial charge in [-0.25, -0.2) is 0 Å². The van der Waals surface area contributed by atoms with Crippen LogP contribution in [0.4, 0.5) is 5.69 Å². The number of nitrogens with one attached hydrogen (secondary N) is 1. The Bertz CT molecular complexity index is 801. The van der Waals surface area contributed by atoms with Gasteiger partial charge in [0.05, 0.1) is 0 Å². The van der Waals surface area contributed by atoms with Crippen molar-refractivity contribution in [3.63, 3.8) is 0 Å². The average Bonchev–Trinajstić information content (AvgIpc) is 2.73. The topological polar surface area (TPSA) is 25.2 Å². The highest BCUT2D eigenvalue weighted by Gasteiger charge is 2.12. The number of benzene rings is 2. The molecule has 0 fully saturated rings. The molecule has 1 aromatic heterocycles. The molecule has 3 heteroatoms. The van der Waals surface area contributed by atoms with E-state index in [-0.39, 0.29) is 0 Å². The van der Waals surface area contributed by atoms with Crippen LogP contribution < -0.4 is 5.32 Å². The lowest BCUT2D eigenvalue weighted by atomic mass is 10.1. The summed E-state index contributed by atoms with van der Waals surface area (Å²) in [5.74, 6) is 0. The van der Waals surface area contributed by atoms with Crippen molar-refractivity contribution in [2.24, 2.45) is 0 Å². The fraction of sp³-hybridized carbons (Fsp3) is 0.0667. The molecule has 2 nitrogen and oxygen atoms in total. The van der Waals surface area contributed by atoms with Crippen LogP contribution in [0.15, 0.2) is 40.8 Å². The number of halogens is 1. The first-order valence-electron chi connectivity index (χ1n) is 5.87. The molecular formula is C15H10ClNO. The van der Waals surface area contributed by atoms with Gasteiger partial charge in [0.25, 0.3) is 0 Å². The second kappa shape index (κ2) is 3.53. The van der Waals surface area contributed by atoms with Crippen LogP contribution in [0.25, 0.3) is 28.0 Å². The Balaban J connectivity index is 2.14. The Morgan fingerprint density at radius 3 is 2.89 bits per heavy atom. The van der Waals surface area contributed by atoms with E-state index in [0.29, 0.717) is 0 Å². The van der Waals surface area contributed by atoms with Crippen LogP contribution in [0.2, 0.25) is 5.02 Å². The first-order valence-corrected chi connectivity index (χ1v) is 6.25. The number of furan rings is 1. The zero-order valence-electron chi connectivity index (χ0n) is 9.53. The summed E-state index contributed by atoms with van der Waals surface area (Å²) in [6.45, 7) is 0.866. The maximum atomic E-state index is 6.05. The zero-order valence-corrected chi connectivity index (χ0v) is 10.3. The van der Waals surface area contributed by atoms with Crippen molar-refractivity contribution in [3.05, 3.63) is 47.0 Å². The van der Waals surface area contributed by atoms with Crippen molar-refractivity contribution >= 4 is 45.3 Å². The van der Waals surface area contributed by atoms with Gasteiger partial charge in [0.15, 0.2) is 0 Å². The van der Waals surface area contributed by atoms with E-state index in [1.54, 1.807) is 0 Å². The largest absolute Gasteiger partial charge is 0.456 e. The smallest absolute Gasteiger partial charge is 0.137 e. The van der Waals surface area contributed by atoms with E-state index in [9.17, 15) is 0 Å². The third-order valence-corrected chi connectivity index (χ3v) is 3.55. The van der Waals surface area contributed by atoms with Crippen molar-refractivity contribution in [1.29, 1.82) is 0 Å². The van der Waals surface area contributed by atoms with Crippen molar-refractivity contribution in [1.82, 2.24) is 0 Å². The predicted molar refractivity (Wildman–Crippen MR) is 76.3 cm³/mol. The molecule has 3 aromatic rings. The molecule has 0 atom stereocenters. The van der Waals surface area contributed by atoms with Crippen LogP contribution in [0, 0.1) is 0 Å². The van der Waals surface area contributed by atoms with Crippen LogP contribution >= 0.6 is 11.6 Å². The van der Waals surface area contributed by atoms with Crippen molar-refractivity contribution in [2.75, 3.05) is 11.9 Å². The monoisotopic (exact) mass is 255 g/mol. The van der Waals surface area contributed by atoms with E-state index in [2.05, 4.69) is 29.6 Å². The molecule has 0 radical (unpaired) electrons. The second-order valence-electron chi connectivity index (χ2n) is 4.46. The first-order chi connectivity index (χ1) is 8.81. The summed E-state index contributed by atoms with van der Waals surface area (Å²) in [6.07, 6.45) is 4.25. The predicted octanol–water partition coefficient (Wildman–Crippen LogP) is 4.68. The van der Waals surface area contributed by atoms with E-state index in [1.165, 1.54) is 5.56 Å². The van der Waals surface area contributed by atoms with Gasteiger partial charge in [-0.3, -0.25) is 0 Å². The number of hydrogen-bond donors (Lipinski definition) is 1. The van der Waals surface area contributed by atoms with Gasteiger partial charge < -0.3 is 9.73 Å². The Hall–Kier alpha value is -1.93. The molecule has 88 valence electrons. The van der Waals surface area contributed by atoms with E-state index in [1.807, 2.05) is 18.2 Å². The summed E-state index contributed by atoms with van der Waals surface area (Å²) in [5.41, 5.74) is 4.08. The van der Waals surface area contributed by atoms with Gasteiger partial charge in [0.1, 0.15) is 11.2 Å². The Morgan fingerprint density at radius 1 is 1.06 bits per heavy atom. The fourth-order valence-corrected chi connectivity index (χ4v) is 2.63. The Morgan fingerprint density at radius 2 is 1.94 bits per heavy atom. The lowest BCUT2D eigenvalue weighted by Gasteiger charge is -2.12. The molecule has 0 amide bonds. The third-order valence-electron chi connectivity index (χ3n) is 3.31. The Kier molecular flexibility index (Phi) is 1.97. The summed E-state index contributed by atoms with van der Waals surface area (Å²) in [7, 11) is 0. The number of rotatable bonds is 0. The lowest BCUT2D eigenvalue weighted by molar-refractivity contribution is 0.669. The van der Waals surface area contributed by atoms with E-state index in [4.69, 9.17) is 16.0 Å². The summed E-state index contributed by atoms with van der Waals surface area (Å²) in [4.78, 5) is 0. The molecular weight excluding hydrogens is 246 g/mol. The SMILES string of the molecule is Clc1ccc2oc3cc4c(cc3c2c1)C=CCN4. The van der Waals surface area contributed by atoms with Crippen LogP contribution in [0.5, 0.6) is 0 Å². The maximum Gasteiger partial charge on any atom is 0.137 e. The molecule has 2 aromatic carbocycles. The van der Waals surface area contributed by atoms with Crippen LogP contribution in [0.1, 0.15) is 5.56 Å². The van der Waals surface area contributed by atoms with Gasteiger partial charge in [-0.1, -0.05) is 23.8 Å². The minimum Gasteiger partial charge on any atom is -0.456 e. The molecule has 0 saturated heterocycles. The number of anilines is 1. The maximum absolute atomic E-state index is 6.05. The quantitative estimate of drug-likeness (QED) is 0.631. The molecule has 1 aliphatic heterocycles. The fourth-order valence-electron chi connectivity index (χ4n) is 2.46. The third kappa shape index (κ3) is 1.36. The van der Waals surface area contributed by atoms with Crippen molar-refractivity contribution < 1.29 is 4.42 Å². The van der Waals surface area contributed by atoms with E-state index < -0.39 is 0 Å². The highest BCUT2D eigenvalue weighted by molar-refractivity contribution is 6.31. The normalized spacial score (nSPS) is 13.8. The lowest BCUT2D eigenvalue weighted by Crippen LogP contribution is -2.03. The van der Waals surface area contributed by atoms with Crippen molar-refractivity contribution in [2.45, 2.75) is 0 Å². The molecule has 0 unspecified atom stereocenters.